The minimum absolute atomic E-state index is 0.0768. The molecule has 134 valence electrons. The van der Waals surface area contributed by atoms with E-state index in [0.29, 0.717) is 16.5 Å². The third kappa shape index (κ3) is 4.10. The zero-order chi connectivity index (χ0) is 18.6. The maximum Gasteiger partial charge on any atom is 0.262 e. The fourth-order valence-corrected chi connectivity index (χ4v) is 2.80. The van der Waals surface area contributed by atoms with Crippen molar-refractivity contribution < 1.29 is 9.53 Å². The standard InChI is InChI=1S/C21H16ClN3O2/c22-15-7-9-16(10-8-15)23-20(26)13-27-17-11-5-14(6-12-17)21-24-18-3-1-2-4-19(18)25-21/h1-12H,13H2,(H,23,26)(H,24,25). The van der Waals surface area contributed by atoms with E-state index in [1.54, 1.807) is 24.3 Å². The van der Waals surface area contributed by atoms with Gasteiger partial charge in [-0.1, -0.05) is 23.7 Å². The van der Waals surface area contributed by atoms with Crippen molar-refractivity contribution in [3.05, 3.63) is 77.8 Å². The lowest BCUT2D eigenvalue weighted by molar-refractivity contribution is -0.118. The zero-order valence-corrected chi connectivity index (χ0v) is 15.0. The second-order valence-corrected chi connectivity index (χ2v) is 6.41. The molecule has 0 unspecified atom stereocenters. The minimum atomic E-state index is -0.237. The van der Waals surface area contributed by atoms with Crippen LogP contribution in [0.2, 0.25) is 5.02 Å². The molecule has 0 bridgehead atoms. The number of rotatable bonds is 5. The normalized spacial score (nSPS) is 10.7. The lowest BCUT2D eigenvalue weighted by Crippen LogP contribution is -2.20. The fraction of sp³-hybridized carbons (Fsp3) is 0.0476. The quantitative estimate of drug-likeness (QED) is 0.519. The SMILES string of the molecule is O=C(COc1ccc(-c2nc3ccccc3[nH]2)cc1)Nc1ccc(Cl)cc1. The van der Waals surface area contributed by atoms with Crippen LogP contribution in [0, 0.1) is 0 Å². The number of aromatic amines is 1. The molecule has 1 amide bonds. The number of carbonyl (C=O) groups is 1. The number of hydrogen-bond donors (Lipinski definition) is 2. The molecule has 0 radical (unpaired) electrons. The van der Waals surface area contributed by atoms with Crippen LogP contribution in [0.5, 0.6) is 5.75 Å². The monoisotopic (exact) mass is 377 g/mol. The molecular weight excluding hydrogens is 362 g/mol. The molecule has 0 aliphatic carbocycles. The summed E-state index contributed by atoms with van der Waals surface area (Å²) >= 11 is 5.83. The number of nitrogens with one attached hydrogen (secondary N) is 2. The van der Waals surface area contributed by atoms with Crippen molar-refractivity contribution in [1.82, 2.24) is 9.97 Å². The molecule has 5 nitrogen and oxygen atoms in total. The van der Waals surface area contributed by atoms with Gasteiger partial charge in [0.05, 0.1) is 11.0 Å². The van der Waals surface area contributed by atoms with E-state index in [-0.39, 0.29) is 12.5 Å². The summed E-state index contributed by atoms with van der Waals surface area (Å²) < 4.78 is 5.54. The Morgan fingerprint density at radius 1 is 1.00 bits per heavy atom. The molecule has 0 saturated heterocycles. The van der Waals surface area contributed by atoms with Gasteiger partial charge in [-0.15, -0.1) is 0 Å². The van der Waals surface area contributed by atoms with Crippen molar-refractivity contribution in [2.75, 3.05) is 11.9 Å². The van der Waals surface area contributed by atoms with E-state index in [1.165, 1.54) is 0 Å². The Morgan fingerprint density at radius 2 is 1.74 bits per heavy atom. The Hall–Kier alpha value is -3.31. The molecular formula is C21H16ClN3O2. The predicted molar refractivity (Wildman–Crippen MR) is 107 cm³/mol. The lowest BCUT2D eigenvalue weighted by Gasteiger charge is -2.08. The first kappa shape index (κ1) is 17.1. The molecule has 0 fully saturated rings. The number of benzene rings is 3. The summed E-state index contributed by atoms with van der Waals surface area (Å²) in [4.78, 5) is 19.8. The summed E-state index contributed by atoms with van der Waals surface area (Å²) in [7, 11) is 0. The van der Waals surface area contributed by atoms with Gasteiger partial charge in [0.25, 0.3) is 5.91 Å². The topological polar surface area (TPSA) is 67.0 Å². The smallest absolute Gasteiger partial charge is 0.262 e. The Balaban J connectivity index is 1.37. The third-order valence-corrected chi connectivity index (χ3v) is 4.27. The average molecular weight is 378 g/mol. The van der Waals surface area contributed by atoms with Gasteiger partial charge in [-0.3, -0.25) is 4.79 Å². The van der Waals surface area contributed by atoms with Crippen molar-refractivity contribution >= 4 is 34.2 Å². The number of H-pyrrole nitrogens is 1. The Kier molecular flexibility index (Phi) is 4.77. The van der Waals surface area contributed by atoms with Crippen molar-refractivity contribution in [1.29, 1.82) is 0 Å². The lowest BCUT2D eigenvalue weighted by atomic mass is 10.2. The third-order valence-electron chi connectivity index (χ3n) is 4.02. The second kappa shape index (κ2) is 7.51. The summed E-state index contributed by atoms with van der Waals surface area (Å²) in [5.41, 5.74) is 3.54. The van der Waals surface area contributed by atoms with Gasteiger partial charge in [0.15, 0.2) is 6.61 Å². The molecule has 27 heavy (non-hydrogen) atoms. The first-order valence-corrected chi connectivity index (χ1v) is 8.78. The predicted octanol–water partition coefficient (Wildman–Crippen LogP) is 4.90. The van der Waals surface area contributed by atoms with Crippen LogP contribution in [0.25, 0.3) is 22.4 Å². The van der Waals surface area contributed by atoms with Gasteiger partial charge >= 0.3 is 0 Å². The maximum atomic E-state index is 12.0. The van der Waals surface area contributed by atoms with Gasteiger partial charge in [0.1, 0.15) is 11.6 Å². The number of amides is 1. The molecule has 1 heterocycles. The van der Waals surface area contributed by atoms with Gasteiger partial charge in [-0.2, -0.15) is 0 Å². The molecule has 0 spiro atoms. The highest BCUT2D eigenvalue weighted by molar-refractivity contribution is 6.30. The summed E-state index contributed by atoms with van der Waals surface area (Å²) in [6, 6.07) is 22.2. The van der Waals surface area contributed by atoms with Gasteiger partial charge in [-0.05, 0) is 60.7 Å². The molecule has 4 aromatic rings. The largest absolute Gasteiger partial charge is 0.484 e. The van der Waals surface area contributed by atoms with Crippen LogP contribution in [0.4, 0.5) is 5.69 Å². The van der Waals surface area contributed by atoms with E-state index in [9.17, 15) is 4.79 Å². The number of ether oxygens (including phenoxy) is 1. The molecule has 3 aromatic carbocycles. The number of anilines is 1. The Morgan fingerprint density at radius 3 is 2.48 bits per heavy atom. The zero-order valence-electron chi connectivity index (χ0n) is 14.3. The first-order valence-electron chi connectivity index (χ1n) is 8.41. The number of imidazole rings is 1. The van der Waals surface area contributed by atoms with Crippen molar-refractivity contribution in [2.45, 2.75) is 0 Å². The second-order valence-electron chi connectivity index (χ2n) is 5.97. The highest BCUT2D eigenvalue weighted by Crippen LogP contribution is 2.23. The molecule has 4 rings (SSSR count). The highest BCUT2D eigenvalue weighted by atomic mass is 35.5. The van der Waals surface area contributed by atoms with Crippen LogP contribution in [-0.2, 0) is 4.79 Å². The Bertz CT molecular complexity index is 1040. The van der Waals surface area contributed by atoms with E-state index in [1.807, 2.05) is 48.5 Å². The number of para-hydroxylation sites is 2. The molecule has 2 N–H and O–H groups in total. The highest BCUT2D eigenvalue weighted by Gasteiger charge is 2.07. The van der Waals surface area contributed by atoms with Crippen molar-refractivity contribution in [3.63, 3.8) is 0 Å². The number of carbonyl (C=O) groups excluding carboxylic acids is 1. The van der Waals surface area contributed by atoms with Gasteiger partial charge in [0, 0.05) is 16.3 Å². The molecule has 0 atom stereocenters. The minimum Gasteiger partial charge on any atom is -0.484 e. The average Bonchev–Trinajstić information content (AvgIpc) is 3.13. The molecule has 0 saturated carbocycles. The van der Waals surface area contributed by atoms with Gasteiger partial charge in [-0.25, -0.2) is 4.98 Å². The Labute approximate surface area is 161 Å². The van der Waals surface area contributed by atoms with E-state index in [0.717, 1.165) is 22.4 Å². The van der Waals surface area contributed by atoms with Crippen LogP contribution in [0.1, 0.15) is 0 Å². The summed E-state index contributed by atoms with van der Waals surface area (Å²) in [5.74, 6) is 1.17. The van der Waals surface area contributed by atoms with Crippen LogP contribution in [0.15, 0.2) is 72.8 Å². The maximum absolute atomic E-state index is 12.0. The number of nitrogens with zero attached hydrogens (tertiary/aromatic N) is 1. The van der Waals surface area contributed by atoms with Crippen LogP contribution in [0.3, 0.4) is 0 Å². The van der Waals surface area contributed by atoms with E-state index in [2.05, 4.69) is 15.3 Å². The number of hydrogen-bond acceptors (Lipinski definition) is 3. The van der Waals surface area contributed by atoms with E-state index in [4.69, 9.17) is 16.3 Å². The van der Waals surface area contributed by atoms with Crippen molar-refractivity contribution in [3.8, 4) is 17.1 Å². The summed E-state index contributed by atoms with van der Waals surface area (Å²) in [5, 5.41) is 3.37. The van der Waals surface area contributed by atoms with E-state index < -0.39 is 0 Å². The van der Waals surface area contributed by atoms with Gasteiger partial charge in [0.2, 0.25) is 0 Å². The molecule has 1 aromatic heterocycles. The summed E-state index contributed by atoms with van der Waals surface area (Å²) in [6.07, 6.45) is 0. The number of aromatic nitrogens is 2. The number of halogens is 1. The first-order chi connectivity index (χ1) is 13.2. The fourth-order valence-electron chi connectivity index (χ4n) is 2.68. The van der Waals surface area contributed by atoms with Crippen LogP contribution >= 0.6 is 11.6 Å². The molecule has 0 aliphatic heterocycles. The van der Waals surface area contributed by atoms with Crippen LogP contribution in [-0.4, -0.2) is 22.5 Å². The molecule has 6 heteroatoms. The van der Waals surface area contributed by atoms with E-state index >= 15 is 0 Å². The number of fused-ring (bicyclic) bond motifs is 1. The molecule has 0 aliphatic rings. The van der Waals surface area contributed by atoms with Gasteiger partial charge < -0.3 is 15.0 Å². The van der Waals surface area contributed by atoms with Crippen LogP contribution < -0.4 is 10.1 Å². The summed E-state index contributed by atoms with van der Waals surface area (Å²) in [6.45, 7) is -0.0768. The van der Waals surface area contributed by atoms with Crippen molar-refractivity contribution in [2.24, 2.45) is 0 Å².